The highest BCUT2D eigenvalue weighted by Crippen LogP contribution is 2.04. The third-order valence-corrected chi connectivity index (χ3v) is 1.82. The Bertz CT molecular complexity index is 232. The van der Waals surface area contributed by atoms with Gasteiger partial charge in [-0.25, -0.2) is 0 Å². The molecule has 15 heavy (non-hydrogen) atoms. The zero-order chi connectivity index (χ0) is 11.5. The predicted octanol–water partition coefficient (Wildman–Crippen LogP) is 1.81. The standard InChI is InChI=1S/C8H12N2.C4H10O/c9-6-5-7-1-3-8(10)4-2-7;1-3-4-5-2/h1-4H,5-6,9-10H2;3-4H2,1-2H3. The second-order valence-corrected chi connectivity index (χ2v) is 3.27. The Morgan fingerprint density at radius 3 is 2.13 bits per heavy atom. The van der Waals surface area contributed by atoms with Gasteiger partial charge in [-0.05, 0) is 37.1 Å². The molecule has 1 aromatic carbocycles. The summed E-state index contributed by atoms with van der Waals surface area (Å²) < 4.78 is 4.69. The molecule has 0 saturated carbocycles. The van der Waals surface area contributed by atoms with Gasteiger partial charge in [0, 0.05) is 19.4 Å². The summed E-state index contributed by atoms with van der Waals surface area (Å²) in [6, 6.07) is 7.79. The molecule has 0 radical (unpaired) electrons. The largest absolute Gasteiger partial charge is 0.399 e. The fourth-order valence-electron chi connectivity index (χ4n) is 1.06. The summed E-state index contributed by atoms with van der Waals surface area (Å²) in [7, 11) is 1.71. The van der Waals surface area contributed by atoms with Crippen LogP contribution in [0.4, 0.5) is 5.69 Å². The van der Waals surface area contributed by atoms with Crippen molar-refractivity contribution in [2.24, 2.45) is 5.73 Å². The van der Waals surface area contributed by atoms with Crippen LogP contribution in [0, 0.1) is 0 Å². The van der Waals surface area contributed by atoms with E-state index < -0.39 is 0 Å². The maximum Gasteiger partial charge on any atom is 0.0459 e. The van der Waals surface area contributed by atoms with Gasteiger partial charge in [-0.2, -0.15) is 0 Å². The molecule has 0 aromatic heterocycles. The highest BCUT2D eigenvalue weighted by atomic mass is 16.5. The number of nitrogens with two attached hydrogens (primary N) is 2. The van der Waals surface area contributed by atoms with E-state index in [2.05, 4.69) is 6.92 Å². The summed E-state index contributed by atoms with van der Waals surface area (Å²) in [5, 5.41) is 0. The van der Waals surface area contributed by atoms with Gasteiger partial charge >= 0.3 is 0 Å². The molecule has 0 spiro atoms. The molecule has 0 fully saturated rings. The molecule has 0 aliphatic rings. The van der Waals surface area contributed by atoms with Crippen LogP contribution in [0.15, 0.2) is 24.3 Å². The van der Waals surface area contributed by atoms with Crippen LogP contribution in [0.2, 0.25) is 0 Å². The highest BCUT2D eigenvalue weighted by molar-refractivity contribution is 5.39. The van der Waals surface area contributed by atoms with Crippen LogP contribution in [0.25, 0.3) is 0 Å². The monoisotopic (exact) mass is 210 g/mol. The van der Waals surface area contributed by atoms with E-state index in [1.54, 1.807) is 7.11 Å². The summed E-state index contributed by atoms with van der Waals surface area (Å²) in [5.74, 6) is 0. The van der Waals surface area contributed by atoms with Gasteiger partial charge in [0.1, 0.15) is 0 Å². The first-order chi connectivity index (χ1) is 7.24. The fourth-order valence-corrected chi connectivity index (χ4v) is 1.06. The zero-order valence-electron chi connectivity index (χ0n) is 9.70. The molecule has 0 aliphatic carbocycles. The third-order valence-electron chi connectivity index (χ3n) is 1.82. The number of nitrogen functional groups attached to an aromatic ring is 1. The number of rotatable bonds is 4. The lowest BCUT2D eigenvalue weighted by molar-refractivity contribution is 0.199. The van der Waals surface area contributed by atoms with Gasteiger partial charge in [0.15, 0.2) is 0 Å². The van der Waals surface area contributed by atoms with E-state index >= 15 is 0 Å². The Morgan fingerprint density at radius 1 is 1.20 bits per heavy atom. The molecule has 4 N–H and O–H groups in total. The molecule has 1 rings (SSSR count). The van der Waals surface area contributed by atoms with Crippen molar-refractivity contribution in [3.05, 3.63) is 29.8 Å². The maximum absolute atomic E-state index is 5.49. The molecule has 0 atom stereocenters. The van der Waals surface area contributed by atoms with Crippen LogP contribution in [-0.2, 0) is 11.2 Å². The van der Waals surface area contributed by atoms with Crippen molar-refractivity contribution in [1.29, 1.82) is 0 Å². The number of benzene rings is 1. The molecule has 0 unspecified atom stereocenters. The van der Waals surface area contributed by atoms with E-state index in [0.717, 1.165) is 25.1 Å². The van der Waals surface area contributed by atoms with E-state index in [0.29, 0.717) is 6.54 Å². The number of ether oxygens (including phenoxy) is 1. The lowest BCUT2D eigenvalue weighted by Crippen LogP contribution is -2.02. The van der Waals surface area contributed by atoms with E-state index in [-0.39, 0.29) is 0 Å². The summed E-state index contributed by atoms with van der Waals surface area (Å²) in [4.78, 5) is 0. The van der Waals surface area contributed by atoms with Crippen molar-refractivity contribution in [3.63, 3.8) is 0 Å². The van der Waals surface area contributed by atoms with E-state index in [1.165, 1.54) is 5.56 Å². The Hall–Kier alpha value is -1.06. The van der Waals surface area contributed by atoms with Gasteiger partial charge in [-0.15, -0.1) is 0 Å². The minimum atomic E-state index is 0.698. The van der Waals surface area contributed by atoms with Crippen molar-refractivity contribution < 1.29 is 4.74 Å². The van der Waals surface area contributed by atoms with Crippen LogP contribution >= 0.6 is 0 Å². The van der Waals surface area contributed by atoms with Crippen molar-refractivity contribution >= 4 is 5.69 Å². The van der Waals surface area contributed by atoms with Crippen LogP contribution in [-0.4, -0.2) is 20.3 Å². The molecular weight excluding hydrogens is 188 g/mol. The van der Waals surface area contributed by atoms with Crippen LogP contribution in [0.1, 0.15) is 18.9 Å². The van der Waals surface area contributed by atoms with Gasteiger partial charge in [-0.1, -0.05) is 19.1 Å². The SMILES string of the molecule is CCCOC.NCCc1ccc(N)cc1. The summed E-state index contributed by atoms with van der Waals surface area (Å²) in [5.41, 5.74) is 12.9. The van der Waals surface area contributed by atoms with Gasteiger partial charge in [0.25, 0.3) is 0 Å². The van der Waals surface area contributed by atoms with E-state index in [4.69, 9.17) is 16.2 Å². The molecule has 3 nitrogen and oxygen atoms in total. The van der Waals surface area contributed by atoms with Crippen LogP contribution < -0.4 is 11.5 Å². The molecule has 86 valence electrons. The average Bonchev–Trinajstić information content (AvgIpc) is 2.24. The highest BCUT2D eigenvalue weighted by Gasteiger charge is 1.88. The quantitative estimate of drug-likeness (QED) is 0.745. The molecule has 0 saturated heterocycles. The number of hydrogen-bond donors (Lipinski definition) is 2. The Kier molecular flexibility index (Phi) is 8.82. The summed E-state index contributed by atoms with van der Waals surface area (Å²) in [6.45, 7) is 3.67. The second kappa shape index (κ2) is 9.49. The minimum absolute atomic E-state index is 0.698. The van der Waals surface area contributed by atoms with Crippen molar-refractivity contribution in [2.75, 3.05) is 26.0 Å². The van der Waals surface area contributed by atoms with Crippen molar-refractivity contribution in [3.8, 4) is 0 Å². The van der Waals surface area contributed by atoms with Gasteiger partial charge in [-0.3, -0.25) is 0 Å². The first kappa shape index (κ1) is 13.9. The Balaban J connectivity index is 0.000000336. The fraction of sp³-hybridized carbons (Fsp3) is 0.500. The van der Waals surface area contributed by atoms with Gasteiger partial charge < -0.3 is 16.2 Å². The molecular formula is C12H22N2O. The summed E-state index contributed by atoms with van der Waals surface area (Å²) in [6.07, 6.45) is 2.05. The molecule has 0 aliphatic heterocycles. The first-order valence-corrected chi connectivity index (χ1v) is 5.28. The summed E-state index contributed by atoms with van der Waals surface area (Å²) >= 11 is 0. The maximum atomic E-state index is 5.49. The lowest BCUT2D eigenvalue weighted by Gasteiger charge is -1.97. The minimum Gasteiger partial charge on any atom is -0.399 e. The molecule has 1 aromatic rings. The lowest BCUT2D eigenvalue weighted by atomic mass is 10.1. The second-order valence-electron chi connectivity index (χ2n) is 3.27. The Labute approximate surface area is 92.4 Å². The van der Waals surface area contributed by atoms with Crippen LogP contribution in [0.5, 0.6) is 0 Å². The smallest absolute Gasteiger partial charge is 0.0459 e. The molecule has 3 heteroatoms. The van der Waals surface area contributed by atoms with E-state index in [1.807, 2.05) is 24.3 Å². The predicted molar refractivity (Wildman–Crippen MR) is 65.8 cm³/mol. The topological polar surface area (TPSA) is 61.3 Å². The van der Waals surface area contributed by atoms with Gasteiger partial charge in [0.2, 0.25) is 0 Å². The average molecular weight is 210 g/mol. The first-order valence-electron chi connectivity index (χ1n) is 5.28. The van der Waals surface area contributed by atoms with E-state index in [9.17, 15) is 0 Å². The van der Waals surface area contributed by atoms with Crippen LogP contribution in [0.3, 0.4) is 0 Å². The number of anilines is 1. The number of hydrogen-bond acceptors (Lipinski definition) is 3. The molecule has 0 amide bonds. The third kappa shape index (κ3) is 7.97. The molecule has 0 heterocycles. The van der Waals surface area contributed by atoms with Crippen molar-refractivity contribution in [1.82, 2.24) is 0 Å². The normalized spacial score (nSPS) is 9.27. The van der Waals surface area contributed by atoms with Gasteiger partial charge in [0.05, 0.1) is 0 Å². The molecule has 0 bridgehead atoms. The number of methoxy groups -OCH3 is 1. The Morgan fingerprint density at radius 2 is 1.80 bits per heavy atom. The van der Waals surface area contributed by atoms with Crippen molar-refractivity contribution in [2.45, 2.75) is 19.8 Å². The zero-order valence-corrected chi connectivity index (χ0v) is 9.70.